The van der Waals surface area contributed by atoms with Gasteiger partial charge in [-0.05, 0) is 0 Å². The second kappa shape index (κ2) is 4.08. The first-order valence-electron chi connectivity index (χ1n) is 3.49. The molecule has 1 aromatic rings. The number of hydrogen-bond donors (Lipinski definition) is 1. The van der Waals surface area contributed by atoms with Crippen molar-refractivity contribution in [3.05, 3.63) is 16.6 Å². The number of nitrogens with two attached hydrogens (primary N) is 1. The van der Waals surface area contributed by atoms with Crippen LogP contribution in [0, 0.1) is 0 Å². The molecule has 0 aromatic carbocycles. The van der Waals surface area contributed by atoms with Crippen LogP contribution in [0.3, 0.4) is 0 Å². The molecule has 11 heavy (non-hydrogen) atoms. The van der Waals surface area contributed by atoms with Gasteiger partial charge in [-0.1, -0.05) is 6.92 Å². The topological polar surface area (TPSA) is 51.3 Å². The van der Waals surface area contributed by atoms with Gasteiger partial charge in [0.05, 0.1) is 17.9 Å². The zero-order chi connectivity index (χ0) is 8.10. The van der Waals surface area contributed by atoms with E-state index in [1.165, 1.54) is 0 Å². The van der Waals surface area contributed by atoms with Crippen LogP contribution in [0.4, 0.5) is 0 Å². The Morgan fingerprint density at radius 2 is 2.64 bits per heavy atom. The summed E-state index contributed by atoms with van der Waals surface area (Å²) in [5.41, 5.74) is 7.32. The van der Waals surface area contributed by atoms with Gasteiger partial charge in [-0.3, -0.25) is 9.98 Å². The second-order valence-corrected chi connectivity index (χ2v) is 3.10. The molecule has 0 amide bonds. The van der Waals surface area contributed by atoms with Gasteiger partial charge in [0, 0.05) is 17.5 Å². The fraction of sp³-hybridized carbons (Fsp3) is 0.429. The SMILES string of the molecule is CCC(N)=NCc1cncs1. The third-order valence-corrected chi connectivity index (χ3v) is 2.05. The Morgan fingerprint density at radius 1 is 1.82 bits per heavy atom. The molecule has 0 unspecified atom stereocenters. The van der Waals surface area contributed by atoms with Crippen LogP contribution in [0.15, 0.2) is 16.7 Å². The molecule has 0 aliphatic rings. The average molecular weight is 169 g/mol. The first-order chi connectivity index (χ1) is 5.33. The molecule has 3 nitrogen and oxygen atoms in total. The van der Waals surface area contributed by atoms with Crippen LogP contribution in [-0.2, 0) is 6.54 Å². The molecule has 0 atom stereocenters. The van der Waals surface area contributed by atoms with Crippen molar-refractivity contribution in [1.82, 2.24) is 4.98 Å². The number of amidine groups is 1. The molecule has 1 rings (SSSR count). The zero-order valence-corrected chi connectivity index (χ0v) is 7.27. The molecule has 0 bridgehead atoms. The first-order valence-corrected chi connectivity index (χ1v) is 4.37. The zero-order valence-electron chi connectivity index (χ0n) is 6.45. The largest absolute Gasteiger partial charge is 0.387 e. The van der Waals surface area contributed by atoms with E-state index in [9.17, 15) is 0 Å². The van der Waals surface area contributed by atoms with Gasteiger partial charge in [-0.15, -0.1) is 11.3 Å². The first kappa shape index (κ1) is 8.20. The van der Waals surface area contributed by atoms with Crippen LogP contribution in [0.25, 0.3) is 0 Å². The average Bonchev–Trinajstić information content (AvgIpc) is 2.52. The summed E-state index contributed by atoms with van der Waals surface area (Å²) < 4.78 is 0. The lowest BCUT2D eigenvalue weighted by atomic mass is 10.4. The molecule has 4 heteroatoms. The van der Waals surface area contributed by atoms with E-state index in [0.29, 0.717) is 12.4 Å². The summed E-state index contributed by atoms with van der Waals surface area (Å²) in [6.45, 7) is 2.66. The van der Waals surface area contributed by atoms with E-state index in [-0.39, 0.29) is 0 Å². The van der Waals surface area contributed by atoms with Crippen molar-refractivity contribution in [2.45, 2.75) is 19.9 Å². The predicted molar refractivity (Wildman–Crippen MR) is 47.7 cm³/mol. The molecule has 0 aliphatic carbocycles. The number of aromatic nitrogens is 1. The van der Waals surface area contributed by atoms with Crippen molar-refractivity contribution in [1.29, 1.82) is 0 Å². The second-order valence-electron chi connectivity index (χ2n) is 2.13. The van der Waals surface area contributed by atoms with Crippen molar-refractivity contribution in [3.8, 4) is 0 Å². The third kappa shape index (κ3) is 2.67. The summed E-state index contributed by atoms with van der Waals surface area (Å²) in [6.07, 6.45) is 2.63. The minimum absolute atomic E-state index is 0.671. The number of nitrogens with zero attached hydrogens (tertiary/aromatic N) is 2. The Labute approximate surface area is 70.0 Å². The molecule has 0 radical (unpaired) electrons. The lowest BCUT2D eigenvalue weighted by Crippen LogP contribution is -2.09. The number of thiazole rings is 1. The quantitative estimate of drug-likeness (QED) is 0.549. The predicted octanol–water partition coefficient (Wildman–Crippen LogP) is 1.41. The third-order valence-electron chi connectivity index (χ3n) is 1.28. The maximum Gasteiger partial charge on any atom is 0.0938 e. The molecule has 0 spiro atoms. The van der Waals surface area contributed by atoms with E-state index in [1.807, 2.05) is 13.1 Å². The van der Waals surface area contributed by atoms with Crippen LogP contribution in [-0.4, -0.2) is 10.8 Å². The van der Waals surface area contributed by atoms with E-state index in [1.54, 1.807) is 16.8 Å². The molecule has 0 saturated carbocycles. The van der Waals surface area contributed by atoms with Crippen molar-refractivity contribution < 1.29 is 0 Å². The fourth-order valence-corrected chi connectivity index (χ4v) is 1.13. The summed E-state index contributed by atoms with van der Waals surface area (Å²) in [7, 11) is 0. The van der Waals surface area contributed by atoms with E-state index in [4.69, 9.17) is 5.73 Å². The van der Waals surface area contributed by atoms with Crippen molar-refractivity contribution in [2.75, 3.05) is 0 Å². The molecule has 60 valence electrons. The molecule has 1 aromatic heterocycles. The van der Waals surface area contributed by atoms with Gasteiger partial charge in [-0.2, -0.15) is 0 Å². The highest BCUT2D eigenvalue weighted by molar-refractivity contribution is 7.09. The number of rotatable bonds is 3. The Bertz CT molecular complexity index is 228. The molecule has 2 N–H and O–H groups in total. The van der Waals surface area contributed by atoms with Crippen LogP contribution in [0.1, 0.15) is 18.2 Å². The molecular formula is C7H11N3S. The van der Waals surface area contributed by atoms with E-state index >= 15 is 0 Å². The highest BCUT2D eigenvalue weighted by atomic mass is 32.1. The van der Waals surface area contributed by atoms with Crippen molar-refractivity contribution in [2.24, 2.45) is 10.7 Å². The van der Waals surface area contributed by atoms with E-state index in [0.717, 1.165) is 11.3 Å². The minimum Gasteiger partial charge on any atom is -0.387 e. The minimum atomic E-state index is 0.671. The van der Waals surface area contributed by atoms with Crippen LogP contribution >= 0.6 is 11.3 Å². The molecule has 0 fully saturated rings. The fourth-order valence-electron chi connectivity index (χ4n) is 0.611. The molecule has 1 heterocycles. The number of aliphatic imine (C=N–C) groups is 1. The highest BCUT2D eigenvalue weighted by Crippen LogP contribution is 2.06. The summed E-state index contributed by atoms with van der Waals surface area (Å²) in [5, 5.41) is 0. The van der Waals surface area contributed by atoms with Crippen molar-refractivity contribution in [3.63, 3.8) is 0 Å². The normalized spacial score (nSPS) is 11.9. The maximum absolute atomic E-state index is 5.52. The van der Waals surface area contributed by atoms with Gasteiger partial charge >= 0.3 is 0 Å². The summed E-state index contributed by atoms with van der Waals surface area (Å²) >= 11 is 1.60. The van der Waals surface area contributed by atoms with E-state index in [2.05, 4.69) is 9.98 Å². The summed E-state index contributed by atoms with van der Waals surface area (Å²) in [6, 6.07) is 0. The Hall–Kier alpha value is -0.900. The maximum atomic E-state index is 5.52. The van der Waals surface area contributed by atoms with Crippen LogP contribution < -0.4 is 5.73 Å². The molecule has 0 saturated heterocycles. The summed E-state index contributed by atoms with van der Waals surface area (Å²) in [4.78, 5) is 9.24. The molecular weight excluding hydrogens is 158 g/mol. The van der Waals surface area contributed by atoms with Crippen LogP contribution in [0.2, 0.25) is 0 Å². The highest BCUT2D eigenvalue weighted by Gasteiger charge is 1.91. The lowest BCUT2D eigenvalue weighted by Gasteiger charge is -1.92. The van der Waals surface area contributed by atoms with Gasteiger partial charge in [0.15, 0.2) is 0 Å². The van der Waals surface area contributed by atoms with Gasteiger partial charge in [0.2, 0.25) is 0 Å². The standard InChI is InChI=1S/C7H11N3S/c1-2-7(8)10-4-6-3-9-5-11-6/h3,5H,2,4H2,1H3,(H2,8,10). The smallest absolute Gasteiger partial charge is 0.0938 e. The Kier molecular flexibility index (Phi) is 3.04. The van der Waals surface area contributed by atoms with Crippen LogP contribution in [0.5, 0.6) is 0 Å². The monoisotopic (exact) mass is 169 g/mol. The van der Waals surface area contributed by atoms with Gasteiger partial charge in [0.1, 0.15) is 0 Å². The van der Waals surface area contributed by atoms with Gasteiger partial charge in [0.25, 0.3) is 0 Å². The summed E-state index contributed by atoms with van der Waals surface area (Å²) in [5.74, 6) is 0.707. The van der Waals surface area contributed by atoms with E-state index < -0.39 is 0 Å². The van der Waals surface area contributed by atoms with Gasteiger partial charge in [-0.25, -0.2) is 0 Å². The Balaban J connectivity index is 2.45. The molecule has 0 aliphatic heterocycles. The number of hydrogen-bond acceptors (Lipinski definition) is 3. The lowest BCUT2D eigenvalue weighted by molar-refractivity contribution is 1.06. The van der Waals surface area contributed by atoms with Crippen molar-refractivity contribution >= 4 is 17.2 Å². The Morgan fingerprint density at radius 3 is 3.18 bits per heavy atom. The van der Waals surface area contributed by atoms with Gasteiger partial charge < -0.3 is 5.73 Å².